The Morgan fingerprint density at radius 3 is 2.10 bits per heavy atom. The largest absolute Gasteiger partial charge is 0.406 e. The third kappa shape index (κ3) is 4.57. The molecule has 0 unspecified atom stereocenters. The van der Waals surface area contributed by atoms with Crippen LogP contribution in [0.25, 0.3) is 0 Å². The summed E-state index contributed by atoms with van der Waals surface area (Å²) in [6.45, 7) is 1.54. The highest BCUT2D eigenvalue weighted by Gasteiger charge is 2.33. The van der Waals surface area contributed by atoms with Crippen molar-refractivity contribution in [2.75, 3.05) is 25.0 Å². The molecule has 0 bridgehead atoms. The molecular weight excluding hydrogens is 295 g/mol. The first-order valence-electron chi connectivity index (χ1n) is 6.28. The number of amides is 1. The molecule has 0 spiro atoms. The average Bonchev–Trinajstić information content (AvgIpc) is 2.38. The van der Waals surface area contributed by atoms with Gasteiger partial charge in [-0.1, -0.05) is 0 Å². The van der Waals surface area contributed by atoms with E-state index < -0.39 is 41.5 Å². The van der Waals surface area contributed by atoms with Crippen LogP contribution in [0.2, 0.25) is 0 Å². The van der Waals surface area contributed by atoms with Gasteiger partial charge in [-0.3, -0.25) is 4.79 Å². The molecule has 21 heavy (non-hydrogen) atoms. The number of anilines is 1. The fourth-order valence-electron chi connectivity index (χ4n) is 1.77. The van der Waals surface area contributed by atoms with Crippen LogP contribution in [0.1, 0.15) is 24.2 Å². The molecule has 1 rings (SSSR count). The van der Waals surface area contributed by atoms with Crippen molar-refractivity contribution in [2.45, 2.75) is 20.0 Å². The van der Waals surface area contributed by atoms with Gasteiger partial charge in [0.1, 0.15) is 23.9 Å². The topological polar surface area (TPSA) is 32.3 Å². The van der Waals surface area contributed by atoms with Crippen molar-refractivity contribution in [1.29, 1.82) is 0 Å². The molecule has 0 atom stereocenters. The van der Waals surface area contributed by atoms with Crippen molar-refractivity contribution in [2.24, 2.45) is 0 Å². The summed E-state index contributed by atoms with van der Waals surface area (Å²) in [5, 5.41) is 2.44. The van der Waals surface area contributed by atoms with Crippen LogP contribution < -0.4 is 5.32 Å². The van der Waals surface area contributed by atoms with E-state index in [1.165, 1.54) is 6.92 Å². The molecule has 118 valence electrons. The monoisotopic (exact) mass is 310 g/mol. The van der Waals surface area contributed by atoms with Crippen molar-refractivity contribution >= 4 is 11.6 Å². The van der Waals surface area contributed by atoms with E-state index in [2.05, 4.69) is 5.32 Å². The van der Waals surface area contributed by atoms with Gasteiger partial charge in [0.15, 0.2) is 0 Å². The van der Waals surface area contributed by atoms with Crippen LogP contribution in [0.4, 0.5) is 27.6 Å². The van der Waals surface area contributed by atoms with Crippen LogP contribution in [-0.2, 0) is 0 Å². The van der Waals surface area contributed by atoms with E-state index in [1.807, 2.05) is 0 Å². The van der Waals surface area contributed by atoms with Gasteiger partial charge in [-0.15, -0.1) is 0 Å². The predicted molar refractivity (Wildman–Crippen MR) is 68.2 cm³/mol. The molecule has 0 heterocycles. The Kier molecular flexibility index (Phi) is 5.51. The first-order chi connectivity index (χ1) is 9.69. The Hall–Kier alpha value is -1.86. The summed E-state index contributed by atoms with van der Waals surface area (Å²) in [7, 11) is 0. The molecular formula is C13H15F5N2O. The zero-order valence-corrected chi connectivity index (χ0v) is 11.5. The number of nitrogens with one attached hydrogen (secondary N) is 1. The molecule has 1 aromatic carbocycles. The Morgan fingerprint density at radius 1 is 1.19 bits per heavy atom. The lowest BCUT2D eigenvalue weighted by molar-refractivity contribution is -0.140. The van der Waals surface area contributed by atoms with Gasteiger partial charge >= 0.3 is 6.18 Å². The van der Waals surface area contributed by atoms with E-state index in [4.69, 9.17) is 0 Å². The number of nitrogens with zero attached hydrogens (tertiary/aromatic N) is 1. The quantitative estimate of drug-likeness (QED) is 0.845. The Balaban J connectivity index is 3.07. The molecule has 0 aromatic heterocycles. The molecule has 0 aliphatic rings. The van der Waals surface area contributed by atoms with Crippen molar-refractivity contribution in [1.82, 2.24) is 4.90 Å². The van der Waals surface area contributed by atoms with E-state index in [-0.39, 0.29) is 13.1 Å². The van der Waals surface area contributed by atoms with Crippen LogP contribution >= 0.6 is 0 Å². The minimum Gasteiger partial charge on any atom is -0.381 e. The number of carbonyl (C=O) groups excluding carboxylic acids is 1. The van der Waals surface area contributed by atoms with Gasteiger partial charge in [-0.05, 0) is 26.0 Å². The SMILES string of the molecule is CCNc1c(F)cc(C(=O)N(CC)CC(F)(F)F)cc1F. The number of hydrogen-bond donors (Lipinski definition) is 1. The van der Waals surface area contributed by atoms with Crippen LogP contribution in [0.15, 0.2) is 12.1 Å². The number of alkyl halides is 3. The zero-order valence-electron chi connectivity index (χ0n) is 11.5. The summed E-state index contributed by atoms with van der Waals surface area (Å²) in [5.74, 6) is -3.12. The van der Waals surface area contributed by atoms with Crippen molar-refractivity contribution in [3.8, 4) is 0 Å². The Labute approximate surface area is 118 Å². The molecule has 0 aliphatic heterocycles. The lowest BCUT2D eigenvalue weighted by Gasteiger charge is -2.22. The van der Waals surface area contributed by atoms with Crippen molar-refractivity contribution < 1.29 is 26.7 Å². The first-order valence-corrected chi connectivity index (χ1v) is 6.28. The van der Waals surface area contributed by atoms with Gasteiger partial charge in [-0.25, -0.2) is 8.78 Å². The van der Waals surface area contributed by atoms with E-state index in [1.54, 1.807) is 6.92 Å². The maximum Gasteiger partial charge on any atom is 0.406 e. The van der Waals surface area contributed by atoms with Crippen LogP contribution in [0, 0.1) is 11.6 Å². The lowest BCUT2D eigenvalue weighted by Crippen LogP contribution is -2.38. The Bertz CT molecular complexity index is 493. The van der Waals surface area contributed by atoms with Gasteiger partial charge in [0.05, 0.1) is 0 Å². The minimum atomic E-state index is -4.58. The van der Waals surface area contributed by atoms with Gasteiger partial charge in [-0.2, -0.15) is 13.2 Å². The number of benzene rings is 1. The zero-order chi connectivity index (χ0) is 16.2. The molecule has 1 aromatic rings. The molecule has 1 amide bonds. The third-order valence-corrected chi connectivity index (χ3v) is 2.68. The molecule has 3 nitrogen and oxygen atoms in total. The van der Waals surface area contributed by atoms with Crippen molar-refractivity contribution in [3.05, 3.63) is 29.3 Å². The summed E-state index contributed by atoms with van der Waals surface area (Å²) >= 11 is 0. The highest BCUT2D eigenvalue weighted by atomic mass is 19.4. The molecule has 0 radical (unpaired) electrons. The standard InChI is InChI=1S/C13H15F5N2O/c1-3-19-11-9(14)5-8(6-10(11)15)12(21)20(4-2)7-13(16,17)18/h5-6,19H,3-4,7H2,1-2H3. The van der Waals surface area contributed by atoms with Crippen molar-refractivity contribution in [3.63, 3.8) is 0 Å². The maximum atomic E-state index is 13.7. The lowest BCUT2D eigenvalue weighted by atomic mass is 10.1. The summed E-state index contributed by atoms with van der Waals surface area (Å²) in [4.78, 5) is 12.4. The summed E-state index contributed by atoms with van der Waals surface area (Å²) in [6.07, 6.45) is -4.58. The molecule has 0 saturated heterocycles. The van der Waals surface area contributed by atoms with E-state index in [0.29, 0.717) is 4.90 Å². The van der Waals surface area contributed by atoms with Crippen LogP contribution in [0.3, 0.4) is 0 Å². The minimum absolute atomic E-state index is 0.226. The van der Waals surface area contributed by atoms with Gasteiger partial charge in [0.2, 0.25) is 0 Å². The molecule has 0 aliphatic carbocycles. The van der Waals surface area contributed by atoms with Gasteiger partial charge in [0.25, 0.3) is 5.91 Å². The maximum absolute atomic E-state index is 13.7. The summed E-state index contributed by atoms with van der Waals surface area (Å²) in [5.41, 5.74) is -0.870. The molecule has 1 N–H and O–H groups in total. The first kappa shape index (κ1) is 17.2. The fraction of sp³-hybridized carbons (Fsp3) is 0.462. The fourth-order valence-corrected chi connectivity index (χ4v) is 1.77. The Morgan fingerprint density at radius 2 is 1.71 bits per heavy atom. The second kappa shape index (κ2) is 6.73. The normalized spacial score (nSPS) is 11.4. The average molecular weight is 310 g/mol. The van der Waals surface area contributed by atoms with E-state index >= 15 is 0 Å². The van der Waals surface area contributed by atoms with E-state index in [0.717, 1.165) is 12.1 Å². The summed E-state index contributed by atoms with van der Waals surface area (Å²) in [6, 6.07) is 1.45. The predicted octanol–water partition coefficient (Wildman–Crippen LogP) is 3.42. The molecule has 8 heteroatoms. The highest BCUT2D eigenvalue weighted by molar-refractivity contribution is 5.94. The molecule has 0 fully saturated rings. The van der Waals surface area contributed by atoms with Crippen LogP contribution in [-0.4, -0.2) is 36.6 Å². The second-order valence-electron chi connectivity index (χ2n) is 4.28. The third-order valence-electron chi connectivity index (χ3n) is 2.68. The number of hydrogen-bond acceptors (Lipinski definition) is 2. The molecule has 0 saturated carbocycles. The number of rotatable bonds is 5. The van der Waals surface area contributed by atoms with Crippen LogP contribution in [0.5, 0.6) is 0 Å². The van der Waals surface area contributed by atoms with E-state index in [9.17, 15) is 26.7 Å². The highest BCUT2D eigenvalue weighted by Crippen LogP contribution is 2.23. The smallest absolute Gasteiger partial charge is 0.381 e. The summed E-state index contributed by atoms with van der Waals surface area (Å²) < 4.78 is 64.4. The number of halogens is 5. The number of carbonyl (C=O) groups is 1. The second-order valence-corrected chi connectivity index (χ2v) is 4.28. The van der Waals surface area contributed by atoms with Gasteiger partial charge < -0.3 is 10.2 Å². The van der Waals surface area contributed by atoms with Gasteiger partial charge in [0, 0.05) is 18.7 Å².